The highest BCUT2D eigenvalue weighted by Gasteiger charge is 2.42. The van der Waals surface area contributed by atoms with Gasteiger partial charge in [-0.3, -0.25) is 4.79 Å². The van der Waals surface area contributed by atoms with Crippen LogP contribution in [-0.4, -0.2) is 25.7 Å². The minimum Gasteiger partial charge on any atom is -0.435 e. The zero-order valence-electron chi connectivity index (χ0n) is 15.2. The summed E-state index contributed by atoms with van der Waals surface area (Å²) in [5.41, 5.74) is 1.02. The number of amides is 1. The maximum Gasteiger partial charge on any atom is 0.387 e. The van der Waals surface area contributed by atoms with Crippen molar-refractivity contribution in [1.29, 1.82) is 0 Å². The molecular weight excluding hydrogens is 352 g/mol. The van der Waals surface area contributed by atoms with Gasteiger partial charge in [0.25, 0.3) is 0 Å². The smallest absolute Gasteiger partial charge is 0.387 e. The van der Waals surface area contributed by atoms with Crippen molar-refractivity contribution in [1.82, 2.24) is 5.32 Å². The van der Waals surface area contributed by atoms with Crippen molar-refractivity contribution in [3.63, 3.8) is 0 Å². The first-order chi connectivity index (χ1) is 13.0. The molecule has 2 aromatic carbocycles. The molecule has 1 atom stereocenters. The highest BCUT2D eigenvalue weighted by atomic mass is 19.3. The Morgan fingerprint density at radius 1 is 1.11 bits per heavy atom. The Morgan fingerprint density at radius 2 is 1.81 bits per heavy atom. The summed E-state index contributed by atoms with van der Waals surface area (Å²) in [6.07, 6.45) is 1.20. The number of rotatable bonds is 6. The standard InChI is InChI=1S/C21H23F2NO3/c1-15(16-6-5-9-18(14-16)27-20(22)23)24-19(25)21(10-12-26-13-11-21)17-7-3-2-4-8-17/h2-9,14-15,20H,10-13H2,1H3,(H,24,25). The second-order valence-electron chi connectivity index (χ2n) is 6.71. The maximum absolute atomic E-state index is 13.2. The molecule has 1 saturated heterocycles. The Morgan fingerprint density at radius 3 is 2.48 bits per heavy atom. The van der Waals surface area contributed by atoms with E-state index in [1.807, 2.05) is 37.3 Å². The van der Waals surface area contributed by atoms with E-state index in [2.05, 4.69) is 10.1 Å². The molecule has 1 heterocycles. The SMILES string of the molecule is CC(NC(=O)C1(c2ccccc2)CCOCC1)c1cccc(OC(F)F)c1. The van der Waals surface area contributed by atoms with Crippen molar-refractivity contribution < 1.29 is 23.0 Å². The first-order valence-corrected chi connectivity index (χ1v) is 9.00. The Bertz CT molecular complexity index is 761. The van der Waals surface area contributed by atoms with Gasteiger partial charge in [0.15, 0.2) is 0 Å². The van der Waals surface area contributed by atoms with E-state index in [0.29, 0.717) is 31.6 Å². The van der Waals surface area contributed by atoms with Crippen LogP contribution in [0.3, 0.4) is 0 Å². The first-order valence-electron chi connectivity index (χ1n) is 9.00. The molecule has 6 heteroatoms. The number of carbonyl (C=O) groups is 1. The molecule has 0 saturated carbocycles. The fourth-order valence-electron chi connectivity index (χ4n) is 3.50. The zero-order valence-corrected chi connectivity index (χ0v) is 15.2. The van der Waals surface area contributed by atoms with Crippen molar-refractivity contribution in [3.05, 3.63) is 65.7 Å². The second kappa shape index (κ2) is 8.48. The molecule has 1 unspecified atom stereocenters. The summed E-state index contributed by atoms with van der Waals surface area (Å²) in [6.45, 7) is -0.00558. The van der Waals surface area contributed by atoms with Crippen LogP contribution in [0.5, 0.6) is 5.75 Å². The van der Waals surface area contributed by atoms with Gasteiger partial charge in [0.1, 0.15) is 5.75 Å². The number of carbonyl (C=O) groups excluding carboxylic acids is 1. The molecule has 0 aromatic heterocycles. The van der Waals surface area contributed by atoms with Gasteiger partial charge >= 0.3 is 6.61 Å². The van der Waals surface area contributed by atoms with Gasteiger partial charge in [-0.15, -0.1) is 0 Å². The van der Waals surface area contributed by atoms with Crippen LogP contribution < -0.4 is 10.1 Å². The van der Waals surface area contributed by atoms with Crippen LogP contribution in [0.25, 0.3) is 0 Å². The van der Waals surface area contributed by atoms with E-state index in [4.69, 9.17) is 4.74 Å². The minimum absolute atomic E-state index is 0.0763. The summed E-state index contributed by atoms with van der Waals surface area (Å²) in [5, 5.41) is 3.05. The summed E-state index contributed by atoms with van der Waals surface area (Å²) < 4.78 is 34.8. The fourth-order valence-corrected chi connectivity index (χ4v) is 3.50. The normalized spacial score (nSPS) is 17.3. The average Bonchev–Trinajstić information content (AvgIpc) is 2.69. The molecule has 27 heavy (non-hydrogen) atoms. The van der Waals surface area contributed by atoms with Crippen LogP contribution in [0.4, 0.5) is 8.78 Å². The number of hydrogen-bond donors (Lipinski definition) is 1. The van der Waals surface area contributed by atoms with E-state index in [-0.39, 0.29) is 17.7 Å². The van der Waals surface area contributed by atoms with Gasteiger partial charge in [0, 0.05) is 13.2 Å². The highest BCUT2D eigenvalue weighted by molar-refractivity contribution is 5.88. The van der Waals surface area contributed by atoms with E-state index in [9.17, 15) is 13.6 Å². The van der Waals surface area contributed by atoms with Gasteiger partial charge in [-0.25, -0.2) is 0 Å². The van der Waals surface area contributed by atoms with Gasteiger partial charge in [-0.05, 0) is 43.0 Å². The van der Waals surface area contributed by atoms with Gasteiger partial charge in [0.2, 0.25) is 5.91 Å². The average molecular weight is 375 g/mol. The van der Waals surface area contributed by atoms with E-state index in [1.54, 1.807) is 12.1 Å². The molecule has 1 aliphatic rings. The van der Waals surface area contributed by atoms with Crippen LogP contribution in [0.2, 0.25) is 0 Å². The molecule has 3 rings (SSSR count). The summed E-state index contributed by atoms with van der Waals surface area (Å²) >= 11 is 0. The summed E-state index contributed by atoms with van der Waals surface area (Å²) in [5.74, 6) is -0.00267. The van der Waals surface area contributed by atoms with Crippen molar-refractivity contribution in [2.75, 3.05) is 13.2 Å². The first kappa shape index (κ1) is 19.3. The molecule has 1 aliphatic heterocycles. The highest BCUT2D eigenvalue weighted by Crippen LogP contribution is 2.36. The number of hydrogen-bond acceptors (Lipinski definition) is 3. The van der Waals surface area contributed by atoms with Gasteiger partial charge in [0.05, 0.1) is 11.5 Å². The lowest BCUT2D eigenvalue weighted by molar-refractivity contribution is -0.131. The monoisotopic (exact) mass is 375 g/mol. The Hall–Kier alpha value is -2.47. The number of halogens is 2. The number of benzene rings is 2. The fraction of sp³-hybridized carbons (Fsp3) is 0.381. The molecule has 1 fully saturated rings. The third kappa shape index (κ3) is 4.45. The Balaban J connectivity index is 1.80. The zero-order chi connectivity index (χ0) is 19.3. The van der Waals surface area contributed by atoms with Crippen molar-refractivity contribution in [2.45, 2.75) is 37.8 Å². The van der Waals surface area contributed by atoms with Gasteiger partial charge < -0.3 is 14.8 Å². The summed E-state index contributed by atoms with van der Waals surface area (Å²) in [7, 11) is 0. The molecule has 0 radical (unpaired) electrons. The van der Waals surface area contributed by atoms with Crippen LogP contribution in [0, 0.1) is 0 Å². The molecule has 1 amide bonds. The van der Waals surface area contributed by atoms with Crippen molar-refractivity contribution >= 4 is 5.91 Å². The lowest BCUT2D eigenvalue weighted by Gasteiger charge is -2.37. The Labute approximate surface area is 157 Å². The van der Waals surface area contributed by atoms with Gasteiger partial charge in [-0.2, -0.15) is 8.78 Å². The predicted molar refractivity (Wildman–Crippen MR) is 97.8 cm³/mol. The molecule has 0 bridgehead atoms. The van der Waals surface area contributed by atoms with Crippen LogP contribution in [-0.2, 0) is 14.9 Å². The third-order valence-electron chi connectivity index (χ3n) is 5.04. The molecule has 4 nitrogen and oxygen atoms in total. The van der Waals surface area contributed by atoms with Crippen molar-refractivity contribution in [3.8, 4) is 5.75 Å². The van der Waals surface area contributed by atoms with Crippen LogP contribution in [0.15, 0.2) is 54.6 Å². The lowest BCUT2D eigenvalue weighted by atomic mass is 9.73. The molecule has 0 aliphatic carbocycles. The van der Waals surface area contributed by atoms with E-state index < -0.39 is 12.0 Å². The molecule has 1 N–H and O–H groups in total. The van der Waals surface area contributed by atoms with Crippen LogP contribution >= 0.6 is 0 Å². The summed E-state index contributed by atoms with van der Waals surface area (Å²) in [4.78, 5) is 13.2. The summed E-state index contributed by atoms with van der Waals surface area (Å²) in [6, 6.07) is 15.8. The van der Waals surface area contributed by atoms with Gasteiger partial charge in [-0.1, -0.05) is 42.5 Å². The van der Waals surface area contributed by atoms with E-state index in [0.717, 1.165) is 5.56 Å². The molecule has 0 spiro atoms. The quantitative estimate of drug-likeness (QED) is 0.823. The maximum atomic E-state index is 13.2. The predicted octanol–water partition coefficient (Wildman–Crippen LogP) is 4.21. The van der Waals surface area contributed by atoms with E-state index in [1.165, 1.54) is 12.1 Å². The van der Waals surface area contributed by atoms with Crippen molar-refractivity contribution in [2.24, 2.45) is 0 Å². The lowest BCUT2D eigenvalue weighted by Crippen LogP contribution is -2.48. The Kier molecular flexibility index (Phi) is 6.06. The number of nitrogens with one attached hydrogen (secondary N) is 1. The molecular formula is C21H23F2NO3. The second-order valence-corrected chi connectivity index (χ2v) is 6.71. The van der Waals surface area contributed by atoms with Crippen LogP contribution in [0.1, 0.15) is 36.9 Å². The number of ether oxygens (including phenoxy) is 2. The number of alkyl halides is 2. The molecule has 144 valence electrons. The minimum atomic E-state index is -2.88. The topological polar surface area (TPSA) is 47.6 Å². The molecule has 2 aromatic rings. The largest absolute Gasteiger partial charge is 0.435 e. The van der Waals surface area contributed by atoms with E-state index >= 15 is 0 Å². The third-order valence-corrected chi connectivity index (χ3v) is 5.04.